The fourth-order valence-electron chi connectivity index (χ4n) is 1.39. The molecule has 0 radical (unpaired) electrons. The Bertz CT molecular complexity index is 467. The van der Waals surface area contributed by atoms with Crippen LogP contribution < -0.4 is 10.1 Å². The summed E-state index contributed by atoms with van der Waals surface area (Å²) in [5.74, 6) is 0.759. The van der Waals surface area contributed by atoms with Crippen molar-refractivity contribution in [3.63, 3.8) is 0 Å². The molecule has 0 spiro atoms. The Labute approximate surface area is 105 Å². The van der Waals surface area contributed by atoms with Gasteiger partial charge in [0.15, 0.2) is 5.75 Å². The molecule has 5 heteroatoms. The molecule has 0 bridgehead atoms. The van der Waals surface area contributed by atoms with Crippen LogP contribution in [0.1, 0.15) is 0 Å². The highest BCUT2D eigenvalue weighted by Gasteiger charge is 2.01. The van der Waals surface area contributed by atoms with Gasteiger partial charge >= 0.3 is 0 Å². The van der Waals surface area contributed by atoms with Crippen LogP contribution in [0.5, 0.6) is 5.75 Å². The van der Waals surface area contributed by atoms with Gasteiger partial charge in [0, 0.05) is 11.6 Å². The summed E-state index contributed by atoms with van der Waals surface area (Å²) in [6, 6.07) is 7.49. The van der Waals surface area contributed by atoms with E-state index in [1.807, 2.05) is 37.5 Å². The van der Waals surface area contributed by atoms with Crippen LogP contribution in [0.15, 0.2) is 36.7 Å². The highest BCUT2D eigenvalue weighted by molar-refractivity contribution is 6.30. The first-order valence-electron chi connectivity index (χ1n) is 5.37. The smallest absolute Gasteiger partial charge is 0.157 e. The van der Waals surface area contributed by atoms with Crippen molar-refractivity contribution in [2.24, 2.45) is 0 Å². The Morgan fingerprint density at radius 3 is 2.82 bits per heavy atom. The van der Waals surface area contributed by atoms with Crippen LogP contribution >= 0.6 is 11.6 Å². The molecule has 0 aliphatic heterocycles. The minimum absolute atomic E-state index is 0.628. The van der Waals surface area contributed by atoms with Gasteiger partial charge in [-0.2, -0.15) is 5.10 Å². The van der Waals surface area contributed by atoms with Crippen molar-refractivity contribution in [2.45, 2.75) is 0 Å². The number of benzene rings is 1. The van der Waals surface area contributed by atoms with Gasteiger partial charge in [-0.05, 0) is 31.3 Å². The molecular formula is C12H14ClN3O. The zero-order chi connectivity index (χ0) is 12.1. The Balaban J connectivity index is 2.04. The van der Waals surface area contributed by atoms with E-state index < -0.39 is 0 Å². The maximum atomic E-state index is 5.83. The number of rotatable bonds is 5. The molecule has 1 aromatic heterocycles. The van der Waals surface area contributed by atoms with E-state index in [4.69, 9.17) is 16.3 Å². The normalized spacial score (nSPS) is 10.5. The summed E-state index contributed by atoms with van der Waals surface area (Å²) in [6.45, 7) is 1.44. The number of nitrogens with one attached hydrogen (secondary N) is 1. The summed E-state index contributed by atoms with van der Waals surface area (Å²) in [6.07, 6.45) is 3.54. The fraction of sp³-hybridized carbons (Fsp3) is 0.250. The highest BCUT2D eigenvalue weighted by atomic mass is 35.5. The first-order chi connectivity index (χ1) is 8.29. The van der Waals surface area contributed by atoms with Crippen LogP contribution in [0.25, 0.3) is 5.69 Å². The maximum Gasteiger partial charge on any atom is 0.157 e. The number of nitrogens with zero attached hydrogens (tertiary/aromatic N) is 2. The van der Waals surface area contributed by atoms with Gasteiger partial charge in [0.05, 0.1) is 18.1 Å². The van der Waals surface area contributed by atoms with Gasteiger partial charge in [0.2, 0.25) is 0 Å². The fourth-order valence-corrected chi connectivity index (χ4v) is 1.51. The maximum absolute atomic E-state index is 5.83. The van der Waals surface area contributed by atoms with Crippen LogP contribution in [0.2, 0.25) is 5.02 Å². The van der Waals surface area contributed by atoms with Crippen molar-refractivity contribution in [1.82, 2.24) is 15.1 Å². The molecule has 90 valence electrons. The number of likely N-dealkylation sites (N-methyl/N-ethyl adjacent to an activating group) is 1. The Morgan fingerprint density at radius 1 is 1.35 bits per heavy atom. The molecule has 0 atom stereocenters. The van der Waals surface area contributed by atoms with Gasteiger partial charge in [-0.15, -0.1) is 0 Å². The summed E-state index contributed by atoms with van der Waals surface area (Å²) < 4.78 is 7.26. The van der Waals surface area contributed by atoms with E-state index >= 15 is 0 Å². The van der Waals surface area contributed by atoms with Crippen LogP contribution in [0.4, 0.5) is 0 Å². The van der Waals surface area contributed by atoms with E-state index in [0.29, 0.717) is 11.6 Å². The average molecular weight is 252 g/mol. The summed E-state index contributed by atoms with van der Waals surface area (Å²) in [7, 11) is 1.89. The van der Waals surface area contributed by atoms with E-state index in [1.54, 1.807) is 10.9 Å². The summed E-state index contributed by atoms with van der Waals surface area (Å²) in [4.78, 5) is 0. The minimum Gasteiger partial charge on any atom is -0.489 e. The summed E-state index contributed by atoms with van der Waals surface area (Å²) >= 11 is 5.83. The number of halogens is 1. The third kappa shape index (κ3) is 3.22. The largest absolute Gasteiger partial charge is 0.489 e. The SMILES string of the molecule is CNCCOc1cnn(-c2ccc(Cl)cc2)c1. The lowest BCUT2D eigenvalue weighted by atomic mass is 10.3. The molecule has 0 aliphatic rings. The molecule has 0 amide bonds. The van der Waals surface area contributed by atoms with Gasteiger partial charge in [-0.3, -0.25) is 0 Å². The molecule has 4 nitrogen and oxygen atoms in total. The second-order valence-corrected chi connectivity index (χ2v) is 3.99. The molecule has 2 aromatic rings. The van der Waals surface area contributed by atoms with Crippen molar-refractivity contribution in [3.05, 3.63) is 41.7 Å². The lowest BCUT2D eigenvalue weighted by Gasteiger charge is -2.02. The van der Waals surface area contributed by atoms with Crippen LogP contribution in [0, 0.1) is 0 Å². The van der Waals surface area contributed by atoms with Crippen molar-refractivity contribution in [3.8, 4) is 11.4 Å². The molecule has 1 aromatic carbocycles. The molecular weight excluding hydrogens is 238 g/mol. The first kappa shape index (κ1) is 12.0. The van der Waals surface area contributed by atoms with Gasteiger partial charge in [0.1, 0.15) is 6.61 Å². The molecule has 2 rings (SSSR count). The van der Waals surface area contributed by atoms with Crippen LogP contribution in [-0.2, 0) is 0 Å². The zero-order valence-electron chi connectivity index (χ0n) is 9.56. The molecule has 0 aliphatic carbocycles. The molecule has 17 heavy (non-hydrogen) atoms. The monoisotopic (exact) mass is 251 g/mol. The van der Waals surface area contributed by atoms with Gasteiger partial charge in [0.25, 0.3) is 0 Å². The topological polar surface area (TPSA) is 39.1 Å². The summed E-state index contributed by atoms with van der Waals surface area (Å²) in [5, 5.41) is 7.95. The molecule has 1 N–H and O–H groups in total. The first-order valence-corrected chi connectivity index (χ1v) is 5.75. The van der Waals surface area contributed by atoms with Gasteiger partial charge < -0.3 is 10.1 Å². The van der Waals surface area contributed by atoms with Crippen molar-refractivity contribution in [1.29, 1.82) is 0 Å². The molecule has 1 heterocycles. The van der Waals surface area contributed by atoms with Gasteiger partial charge in [-0.25, -0.2) is 4.68 Å². The molecule has 0 unspecified atom stereocenters. The Kier molecular flexibility index (Phi) is 4.01. The highest BCUT2D eigenvalue weighted by Crippen LogP contribution is 2.16. The number of hydrogen-bond donors (Lipinski definition) is 1. The number of ether oxygens (including phenoxy) is 1. The third-order valence-corrected chi connectivity index (χ3v) is 2.52. The standard InChI is InChI=1S/C12H14ClN3O/c1-14-6-7-17-12-8-15-16(9-12)11-4-2-10(13)3-5-11/h2-5,8-9,14H,6-7H2,1H3. The van der Waals surface area contributed by atoms with E-state index in [-0.39, 0.29) is 0 Å². The Hall–Kier alpha value is -1.52. The number of aromatic nitrogens is 2. The molecule has 0 fully saturated rings. The van der Waals surface area contributed by atoms with E-state index in [1.165, 1.54) is 0 Å². The van der Waals surface area contributed by atoms with E-state index in [0.717, 1.165) is 18.0 Å². The second kappa shape index (κ2) is 5.70. The predicted octanol–water partition coefficient (Wildman–Crippen LogP) is 2.12. The quantitative estimate of drug-likeness (QED) is 0.828. The van der Waals surface area contributed by atoms with E-state index in [9.17, 15) is 0 Å². The van der Waals surface area contributed by atoms with Crippen molar-refractivity contribution >= 4 is 11.6 Å². The molecule has 0 saturated heterocycles. The predicted molar refractivity (Wildman–Crippen MR) is 68.0 cm³/mol. The second-order valence-electron chi connectivity index (χ2n) is 3.55. The van der Waals surface area contributed by atoms with Crippen LogP contribution in [-0.4, -0.2) is 30.0 Å². The van der Waals surface area contributed by atoms with Gasteiger partial charge in [-0.1, -0.05) is 11.6 Å². The lowest BCUT2D eigenvalue weighted by molar-refractivity contribution is 0.318. The van der Waals surface area contributed by atoms with Crippen molar-refractivity contribution < 1.29 is 4.74 Å². The van der Waals surface area contributed by atoms with E-state index in [2.05, 4.69) is 10.4 Å². The number of hydrogen-bond acceptors (Lipinski definition) is 3. The van der Waals surface area contributed by atoms with Crippen molar-refractivity contribution in [2.75, 3.05) is 20.2 Å². The average Bonchev–Trinajstić information content (AvgIpc) is 2.79. The van der Waals surface area contributed by atoms with Crippen LogP contribution in [0.3, 0.4) is 0 Å². The molecule has 0 saturated carbocycles. The minimum atomic E-state index is 0.628. The lowest BCUT2D eigenvalue weighted by Crippen LogP contribution is -2.15. The summed E-state index contributed by atoms with van der Waals surface area (Å²) in [5.41, 5.74) is 0.956. The Morgan fingerprint density at radius 2 is 2.12 bits per heavy atom. The zero-order valence-corrected chi connectivity index (χ0v) is 10.3. The third-order valence-electron chi connectivity index (χ3n) is 2.27.